The number of nitrogens with zero attached hydrogens (tertiary/aromatic N) is 1. The van der Waals surface area contributed by atoms with Gasteiger partial charge in [-0.25, -0.2) is 0 Å². The van der Waals surface area contributed by atoms with Gasteiger partial charge in [-0.2, -0.15) is 5.26 Å². The third-order valence-electron chi connectivity index (χ3n) is 2.06. The molecule has 0 aliphatic rings. The van der Waals surface area contributed by atoms with Crippen molar-refractivity contribution in [3.63, 3.8) is 0 Å². The van der Waals surface area contributed by atoms with Crippen LogP contribution in [0.25, 0.3) is 0 Å². The van der Waals surface area contributed by atoms with Crippen LogP contribution in [0, 0.1) is 11.3 Å². The predicted octanol–water partition coefficient (Wildman–Crippen LogP) is 2.47. The van der Waals surface area contributed by atoms with Gasteiger partial charge in [0.1, 0.15) is 12.0 Å². The maximum absolute atomic E-state index is 11.8. The molecule has 0 radical (unpaired) electrons. The van der Waals surface area contributed by atoms with Gasteiger partial charge < -0.3 is 4.74 Å². The molecule has 1 aromatic carbocycles. The van der Waals surface area contributed by atoms with E-state index in [1.165, 1.54) is 12.1 Å². The van der Waals surface area contributed by atoms with Crippen LogP contribution in [0.3, 0.4) is 0 Å². The van der Waals surface area contributed by atoms with E-state index in [0.717, 1.165) is 0 Å². The summed E-state index contributed by atoms with van der Waals surface area (Å²) in [5.41, 5.74) is 0.283. The summed E-state index contributed by atoms with van der Waals surface area (Å²) < 4.78 is 5.06. The van der Waals surface area contributed by atoms with E-state index in [1.54, 1.807) is 32.9 Å². The summed E-state index contributed by atoms with van der Waals surface area (Å²) in [5.74, 6) is -0.856. The molecule has 0 bridgehead atoms. The Morgan fingerprint density at radius 2 is 1.78 bits per heavy atom. The van der Waals surface area contributed by atoms with Crippen LogP contribution >= 0.6 is 0 Å². The van der Waals surface area contributed by atoms with Crippen molar-refractivity contribution in [1.29, 1.82) is 5.26 Å². The first-order chi connectivity index (χ1) is 8.31. The molecule has 0 aliphatic carbocycles. The van der Waals surface area contributed by atoms with Gasteiger partial charge in [-0.3, -0.25) is 9.59 Å². The summed E-state index contributed by atoms with van der Waals surface area (Å²) in [4.78, 5) is 23.2. The molecule has 94 valence electrons. The molecule has 0 amide bonds. The summed E-state index contributed by atoms with van der Waals surface area (Å²) in [6.07, 6.45) is -0.289. The number of esters is 1. The number of Topliss-reactive ketones (excluding diaryl/α,β-unsaturated/α-hetero) is 1. The average molecular weight is 245 g/mol. The molecule has 0 unspecified atom stereocenters. The largest absolute Gasteiger partial charge is 0.460 e. The molecule has 1 rings (SSSR count). The molecule has 4 nitrogen and oxygen atoms in total. The quantitative estimate of drug-likeness (QED) is 0.466. The number of rotatable bonds is 3. The first-order valence-electron chi connectivity index (χ1n) is 5.57. The van der Waals surface area contributed by atoms with E-state index in [2.05, 4.69) is 0 Å². The third kappa shape index (κ3) is 4.38. The van der Waals surface area contributed by atoms with Crippen molar-refractivity contribution in [3.8, 4) is 6.07 Å². The smallest absolute Gasteiger partial charge is 0.314 e. The number of hydrogen-bond donors (Lipinski definition) is 0. The number of nitriles is 1. The van der Waals surface area contributed by atoms with Gasteiger partial charge in [-0.15, -0.1) is 0 Å². The molecule has 0 fully saturated rings. The third-order valence-corrected chi connectivity index (χ3v) is 2.06. The number of carbonyl (C=O) groups excluding carboxylic acids is 2. The highest BCUT2D eigenvalue weighted by atomic mass is 16.6. The Morgan fingerprint density at radius 3 is 2.22 bits per heavy atom. The lowest BCUT2D eigenvalue weighted by Gasteiger charge is -2.19. The molecule has 0 aliphatic heterocycles. The van der Waals surface area contributed by atoms with Crippen LogP contribution in [0.1, 0.15) is 43.1 Å². The number of carbonyl (C=O) groups is 2. The first-order valence-corrected chi connectivity index (χ1v) is 5.57. The van der Waals surface area contributed by atoms with Crippen molar-refractivity contribution in [1.82, 2.24) is 0 Å². The fourth-order valence-corrected chi connectivity index (χ4v) is 1.34. The van der Waals surface area contributed by atoms with Crippen molar-refractivity contribution >= 4 is 11.8 Å². The molecule has 0 spiro atoms. The molecular weight excluding hydrogens is 230 g/mol. The topological polar surface area (TPSA) is 67.2 Å². The first kappa shape index (κ1) is 13.9. The van der Waals surface area contributed by atoms with Gasteiger partial charge in [0.25, 0.3) is 0 Å². The van der Waals surface area contributed by atoms with E-state index in [4.69, 9.17) is 10.00 Å². The van der Waals surface area contributed by atoms with E-state index in [9.17, 15) is 9.59 Å². The molecule has 0 saturated heterocycles. The second kappa shape index (κ2) is 5.46. The number of benzene rings is 1. The molecule has 0 atom stereocenters. The van der Waals surface area contributed by atoms with E-state index in [1.807, 2.05) is 6.07 Å². The highest BCUT2D eigenvalue weighted by Crippen LogP contribution is 2.11. The summed E-state index contributed by atoms with van der Waals surface area (Å²) in [6, 6.07) is 8.12. The Bertz CT molecular complexity index is 489. The molecule has 4 heteroatoms. The summed E-state index contributed by atoms with van der Waals surface area (Å²) >= 11 is 0. The molecular formula is C14H15NO3. The molecule has 1 aromatic rings. The van der Waals surface area contributed by atoms with Crippen molar-refractivity contribution < 1.29 is 14.3 Å². The van der Waals surface area contributed by atoms with Gasteiger partial charge in [-0.05, 0) is 32.9 Å². The summed E-state index contributed by atoms with van der Waals surface area (Å²) in [7, 11) is 0. The van der Waals surface area contributed by atoms with Gasteiger partial charge in [0.2, 0.25) is 0 Å². The Balaban J connectivity index is 2.65. The minimum Gasteiger partial charge on any atom is -0.460 e. The van der Waals surface area contributed by atoms with Crippen molar-refractivity contribution in [3.05, 3.63) is 35.4 Å². The second-order valence-electron chi connectivity index (χ2n) is 4.88. The van der Waals surface area contributed by atoms with Crippen molar-refractivity contribution in [2.24, 2.45) is 0 Å². The minimum atomic E-state index is -0.595. The van der Waals surface area contributed by atoms with Crippen molar-refractivity contribution in [2.75, 3.05) is 0 Å². The molecule has 0 aromatic heterocycles. The molecule has 0 N–H and O–H groups in total. The fourth-order valence-electron chi connectivity index (χ4n) is 1.34. The van der Waals surface area contributed by atoms with Crippen molar-refractivity contribution in [2.45, 2.75) is 32.8 Å². The monoisotopic (exact) mass is 245 g/mol. The van der Waals surface area contributed by atoms with Gasteiger partial charge in [0.15, 0.2) is 5.78 Å². The number of ether oxygens (including phenoxy) is 1. The standard InChI is InChI=1S/C14H15NO3/c1-14(2,3)18-13(17)8-12(16)11-6-4-10(9-15)5-7-11/h4-7H,8H2,1-3H3. The number of hydrogen-bond acceptors (Lipinski definition) is 4. The highest BCUT2D eigenvalue weighted by Gasteiger charge is 2.19. The molecule has 18 heavy (non-hydrogen) atoms. The van der Waals surface area contributed by atoms with Gasteiger partial charge in [-0.1, -0.05) is 12.1 Å². The Morgan fingerprint density at radius 1 is 1.22 bits per heavy atom. The van der Waals surface area contributed by atoms with E-state index < -0.39 is 11.6 Å². The zero-order chi connectivity index (χ0) is 13.8. The number of ketones is 1. The summed E-state index contributed by atoms with van der Waals surface area (Å²) in [6.45, 7) is 5.24. The predicted molar refractivity (Wildman–Crippen MR) is 65.9 cm³/mol. The van der Waals surface area contributed by atoms with Gasteiger partial charge in [0.05, 0.1) is 11.6 Å². The van der Waals surface area contributed by atoms with Crippen LogP contribution < -0.4 is 0 Å². The zero-order valence-electron chi connectivity index (χ0n) is 10.7. The van der Waals surface area contributed by atoms with Crippen LogP contribution in [-0.4, -0.2) is 17.4 Å². The normalized spacial score (nSPS) is 10.6. The lowest BCUT2D eigenvalue weighted by Crippen LogP contribution is -2.25. The van der Waals surface area contributed by atoms with Crippen LogP contribution in [0.4, 0.5) is 0 Å². The van der Waals surface area contributed by atoms with Crippen LogP contribution in [-0.2, 0) is 9.53 Å². The Kier molecular flexibility index (Phi) is 4.22. The van der Waals surface area contributed by atoms with Gasteiger partial charge >= 0.3 is 5.97 Å². The van der Waals surface area contributed by atoms with E-state index >= 15 is 0 Å². The lowest BCUT2D eigenvalue weighted by molar-refractivity contribution is -0.153. The molecule has 0 heterocycles. The minimum absolute atomic E-state index is 0.289. The fraction of sp³-hybridized carbons (Fsp3) is 0.357. The highest BCUT2D eigenvalue weighted by molar-refractivity contribution is 6.06. The van der Waals surface area contributed by atoms with E-state index in [-0.39, 0.29) is 12.2 Å². The second-order valence-corrected chi connectivity index (χ2v) is 4.88. The SMILES string of the molecule is CC(C)(C)OC(=O)CC(=O)c1ccc(C#N)cc1. The maximum atomic E-state index is 11.8. The lowest BCUT2D eigenvalue weighted by atomic mass is 10.1. The van der Waals surface area contributed by atoms with Crippen LogP contribution in [0.2, 0.25) is 0 Å². The summed E-state index contributed by atoms with van der Waals surface area (Å²) in [5, 5.41) is 8.63. The zero-order valence-corrected chi connectivity index (χ0v) is 10.7. The van der Waals surface area contributed by atoms with Crippen LogP contribution in [0.15, 0.2) is 24.3 Å². The Labute approximate surface area is 106 Å². The van der Waals surface area contributed by atoms with Gasteiger partial charge in [0, 0.05) is 5.56 Å². The average Bonchev–Trinajstić information content (AvgIpc) is 2.26. The van der Waals surface area contributed by atoms with E-state index in [0.29, 0.717) is 11.1 Å². The maximum Gasteiger partial charge on any atom is 0.314 e. The van der Waals surface area contributed by atoms with Crippen LogP contribution in [0.5, 0.6) is 0 Å². The Hall–Kier alpha value is -2.15. The molecule has 0 saturated carbocycles.